The summed E-state index contributed by atoms with van der Waals surface area (Å²) in [5.41, 5.74) is 0. The standard InChI is InChI=1S/C13H28N2O/c1-5-6-14-7-11(2)8-15-9-12(3)16-13(4)10-15/h11-14H,5-10H2,1-4H3/t11?,12-,13+. The van der Waals surface area contributed by atoms with Gasteiger partial charge in [0.05, 0.1) is 12.2 Å². The number of ether oxygens (including phenoxy) is 1. The highest BCUT2D eigenvalue weighted by atomic mass is 16.5. The van der Waals surface area contributed by atoms with Crippen molar-refractivity contribution in [3.05, 3.63) is 0 Å². The maximum atomic E-state index is 5.74. The molecule has 1 aliphatic heterocycles. The van der Waals surface area contributed by atoms with Gasteiger partial charge in [0, 0.05) is 19.6 Å². The molecular formula is C13H28N2O. The molecule has 0 saturated carbocycles. The summed E-state index contributed by atoms with van der Waals surface area (Å²) in [7, 11) is 0. The third-order valence-corrected chi connectivity index (χ3v) is 2.98. The van der Waals surface area contributed by atoms with Crippen LogP contribution in [0, 0.1) is 5.92 Å². The Kier molecular flexibility index (Phi) is 6.32. The summed E-state index contributed by atoms with van der Waals surface area (Å²) in [4.78, 5) is 2.54. The number of hydrogen-bond donors (Lipinski definition) is 1. The number of nitrogens with zero attached hydrogens (tertiary/aromatic N) is 1. The summed E-state index contributed by atoms with van der Waals surface area (Å²) in [5.74, 6) is 0.726. The predicted octanol–water partition coefficient (Wildman–Crippen LogP) is 1.73. The third-order valence-electron chi connectivity index (χ3n) is 2.98. The lowest BCUT2D eigenvalue weighted by atomic mass is 10.1. The van der Waals surface area contributed by atoms with Crippen LogP contribution in [0.3, 0.4) is 0 Å². The minimum Gasteiger partial charge on any atom is -0.373 e. The van der Waals surface area contributed by atoms with Crippen LogP contribution in [-0.2, 0) is 4.74 Å². The average molecular weight is 228 g/mol. The highest BCUT2D eigenvalue weighted by Gasteiger charge is 2.22. The van der Waals surface area contributed by atoms with Gasteiger partial charge in [0.1, 0.15) is 0 Å². The molecule has 1 N–H and O–H groups in total. The van der Waals surface area contributed by atoms with E-state index in [9.17, 15) is 0 Å². The Hall–Kier alpha value is -0.120. The topological polar surface area (TPSA) is 24.5 Å². The van der Waals surface area contributed by atoms with Gasteiger partial charge in [0.15, 0.2) is 0 Å². The van der Waals surface area contributed by atoms with Gasteiger partial charge in [0.25, 0.3) is 0 Å². The van der Waals surface area contributed by atoms with E-state index in [0.29, 0.717) is 12.2 Å². The van der Waals surface area contributed by atoms with Crippen molar-refractivity contribution in [2.24, 2.45) is 5.92 Å². The van der Waals surface area contributed by atoms with Crippen molar-refractivity contribution in [2.45, 2.75) is 46.3 Å². The van der Waals surface area contributed by atoms with Crippen molar-refractivity contribution >= 4 is 0 Å². The number of rotatable bonds is 6. The Bertz CT molecular complexity index is 177. The van der Waals surface area contributed by atoms with E-state index in [1.54, 1.807) is 0 Å². The van der Waals surface area contributed by atoms with Gasteiger partial charge in [-0.25, -0.2) is 0 Å². The normalized spacial score (nSPS) is 29.2. The van der Waals surface area contributed by atoms with Gasteiger partial charge in [0.2, 0.25) is 0 Å². The zero-order valence-corrected chi connectivity index (χ0v) is 11.3. The second-order valence-electron chi connectivity index (χ2n) is 5.29. The fourth-order valence-electron chi connectivity index (χ4n) is 2.46. The van der Waals surface area contributed by atoms with Crippen molar-refractivity contribution in [3.63, 3.8) is 0 Å². The van der Waals surface area contributed by atoms with Gasteiger partial charge in [-0.15, -0.1) is 0 Å². The molecule has 0 aromatic heterocycles. The van der Waals surface area contributed by atoms with E-state index in [4.69, 9.17) is 4.74 Å². The Morgan fingerprint density at radius 3 is 2.50 bits per heavy atom. The highest BCUT2D eigenvalue weighted by Crippen LogP contribution is 2.12. The monoisotopic (exact) mass is 228 g/mol. The molecule has 3 atom stereocenters. The number of morpholine rings is 1. The largest absolute Gasteiger partial charge is 0.373 e. The predicted molar refractivity (Wildman–Crippen MR) is 68.8 cm³/mol. The Morgan fingerprint density at radius 2 is 1.94 bits per heavy atom. The molecule has 0 aromatic carbocycles. The quantitative estimate of drug-likeness (QED) is 0.701. The zero-order chi connectivity index (χ0) is 12.0. The number of nitrogens with one attached hydrogen (secondary N) is 1. The van der Waals surface area contributed by atoms with Gasteiger partial charge in [-0.3, -0.25) is 4.90 Å². The van der Waals surface area contributed by atoms with Crippen LogP contribution in [0.5, 0.6) is 0 Å². The lowest BCUT2D eigenvalue weighted by Crippen LogP contribution is -2.47. The van der Waals surface area contributed by atoms with Crippen LogP contribution in [-0.4, -0.2) is 49.8 Å². The van der Waals surface area contributed by atoms with Crippen molar-refractivity contribution in [1.82, 2.24) is 10.2 Å². The molecule has 1 saturated heterocycles. The van der Waals surface area contributed by atoms with Crippen molar-refractivity contribution in [3.8, 4) is 0 Å². The first kappa shape index (κ1) is 13.9. The Morgan fingerprint density at radius 1 is 1.31 bits per heavy atom. The third kappa shape index (κ3) is 5.28. The summed E-state index contributed by atoms with van der Waals surface area (Å²) in [5, 5.41) is 3.49. The van der Waals surface area contributed by atoms with Crippen molar-refractivity contribution in [1.29, 1.82) is 0 Å². The van der Waals surface area contributed by atoms with E-state index >= 15 is 0 Å². The molecular weight excluding hydrogens is 200 g/mol. The van der Waals surface area contributed by atoms with Crippen LogP contribution >= 0.6 is 0 Å². The van der Waals surface area contributed by atoms with Crippen LogP contribution in [0.4, 0.5) is 0 Å². The van der Waals surface area contributed by atoms with Gasteiger partial charge >= 0.3 is 0 Å². The summed E-state index contributed by atoms with van der Waals surface area (Å²) in [6.45, 7) is 14.5. The maximum Gasteiger partial charge on any atom is 0.0678 e. The van der Waals surface area contributed by atoms with Crippen LogP contribution in [0.25, 0.3) is 0 Å². The molecule has 1 fully saturated rings. The molecule has 0 spiro atoms. The van der Waals surface area contributed by atoms with E-state index < -0.39 is 0 Å². The van der Waals surface area contributed by atoms with E-state index in [1.807, 2.05) is 0 Å². The Balaban J connectivity index is 2.19. The smallest absolute Gasteiger partial charge is 0.0678 e. The van der Waals surface area contributed by atoms with E-state index in [-0.39, 0.29) is 0 Å². The second kappa shape index (κ2) is 7.25. The van der Waals surface area contributed by atoms with Crippen LogP contribution in [0.1, 0.15) is 34.1 Å². The first-order valence-electron chi connectivity index (χ1n) is 6.70. The molecule has 96 valence electrons. The SMILES string of the molecule is CCCNCC(C)CN1C[C@@H](C)O[C@@H](C)C1. The fourth-order valence-corrected chi connectivity index (χ4v) is 2.46. The van der Waals surface area contributed by atoms with Crippen molar-refractivity contribution < 1.29 is 4.74 Å². The Labute approximate surface area is 101 Å². The zero-order valence-electron chi connectivity index (χ0n) is 11.3. The summed E-state index contributed by atoms with van der Waals surface area (Å²) >= 11 is 0. The van der Waals surface area contributed by atoms with Gasteiger partial charge in [-0.2, -0.15) is 0 Å². The summed E-state index contributed by atoms with van der Waals surface area (Å²) < 4.78 is 5.74. The molecule has 0 amide bonds. The first-order chi connectivity index (χ1) is 7.61. The molecule has 1 heterocycles. The minimum atomic E-state index is 0.388. The summed E-state index contributed by atoms with van der Waals surface area (Å²) in [6, 6.07) is 0. The lowest BCUT2D eigenvalue weighted by molar-refractivity contribution is -0.0708. The maximum absolute atomic E-state index is 5.74. The second-order valence-corrected chi connectivity index (χ2v) is 5.29. The molecule has 1 rings (SSSR count). The van der Waals surface area contributed by atoms with Gasteiger partial charge in [-0.05, 0) is 39.3 Å². The van der Waals surface area contributed by atoms with E-state index in [2.05, 4.69) is 37.9 Å². The van der Waals surface area contributed by atoms with Crippen LogP contribution in [0.15, 0.2) is 0 Å². The first-order valence-corrected chi connectivity index (χ1v) is 6.70. The van der Waals surface area contributed by atoms with E-state index in [1.165, 1.54) is 13.0 Å². The fraction of sp³-hybridized carbons (Fsp3) is 1.00. The van der Waals surface area contributed by atoms with Crippen molar-refractivity contribution in [2.75, 3.05) is 32.7 Å². The lowest BCUT2D eigenvalue weighted by Gasteiger charge is -2.36. The molecule has 0 aromatic rings. The minimum absolute atomic E-state index is 0.388. The summed E-state index contributed by atoms with van der Waals surface area (Å²) in [6.07, 6.45) is 2.00. The molecule has 0 bridgehead atoms. The average Bonchev–Trinajstić information content (AvgIpc) is 2.16. The highest BCUT2D eigenvalue weighted by molar-refractivity contribution is 4.75. The molecule has 1 unspecified atom stereocenters. The van der Waals surface area contributed by atoms with Gasteiger partial charge < -0.3 is 10.1 Å². The van der Waals surface area contributed by atoms with Crippen LogP contribution in [0.2, 0.25) is 0 Å². The molecule has 3 heteroatoms. The molecule has 16 heavy (non-hydrogen) atoms. The molecule has 0 aliphatic carbocycles. The van der Waals surface area contributed by atoms with Gasteiger partial charge in [-0.1, -0.05) is 13.8 Å². The van der Waals surface area contributed by atoms with Crippen LogP contribution < -0.4 is 5.32 Å². The molecule has 0 radical (unpaired) electrons. The number of hydrogen-bond acceptors (Lipinski definition) is 3. The molecule has 1 aliphatic rings. The van der Waals surface area contributed by atoms with E-state index in [0.717, 1.165) is 32.1 Å². The molecule has 3 nitrogen and oxygen atoms in total.